The van der Waals surface area contributed by atoms with Crippen LogP contribution in [-0.2, 0) is 0 Å². The first-order valence-electron chi connectivity index (χ1n) is 7.89. The van der Waals surface area contributed by atoms with Crippen LogP contribution in [0.2, 0.25) is 0 Å². The van der Waals surface area contributed by atoms with Crippen LogP contribution in [0.15, 0.2) is 24.3 Å². The topological polar surface area (TPSA) is 12.0 Å². The lowest BCUT2D eigenvalue weighted by molar-refractivity contribution is 0.124. The van der Waals surface area contributed by atoms with Crippen LogP contribution in [0.5, 0.6) is 0 Å². The molecule has 0 radical (unpaired) electrons. The Balaban J connectivity index is 2.07. The summed E-state index contributed by atoms with van der Waals surface area (Å²) >= 11 is 0. The summed E-state index contributed by atoms with van der Waals surface area (Å²) in [6, 6.07) is 7.71. The minimum Gasteiger partial charge on any atom is -0.307 e. The lowest BCUT2D eigenvalue weighted by atomic mass is 9.69. The largest absolute Gasteiger partial charge is 0.307 e. The standard InChI is InChI=1S/C18H28FN/c1-13(14-8-7-9-15(19)12-14)20-17-11-6-5-10-16(17)18(2,3)4/h7-9,12-13,16-17,20H,5-6,10-11H2,1-4H3/t13-,16?,17?/m1/s1. The maximum absolute atomic E-state index is 13.3. The lowest BCUT2D eigenvalue weighted by Crippen LogP contribution is -2.45. The third-order valence-corrected chi connectivity index (χ3v) is 4.69. The van der Waals surface area contributed by atoms with E-state index in [1.54, 1.807) is 12.1 Å². The summed E-state index contributed by atoms with van der Waals surface area (Å²) < 4.78 is 13.3. The van der Waals surface area contributed by atoms with E-state index in [2.05, 4.69) is 33.0 Å². The van der Waals surface area contributed by atoms with E-state index in [-0.39, 0.29) is 11.9 Å². The molecule has 1 aliphatic rings. The SMILES string of the molecule is C[C@@H](NC1CCCCC1C(C)(C)C)c1cccc(F)c1. The molecule has 0 saturated heterocycles. The van der Waals surface area contributed by atoms with E-state index < -0.39 is 0 Å². The highest BCUT2D eigenvalue weighted by Gasteiger charge is 2.34. The van der Waals surface area contributed by atoms with Crippen molar-refractivity contribution in [2.24, 2.45) is 11.3 Å². The van der Waals surface area contributed by atoms with Crippen molar-refractivity contribution in [1.29, 1.82) is 0 Å². The smallest absolute Gasteiger partial charge is 0.123 e. The number of benzene rings is 1. The molecule has 2 heteroatoms. The van der Waals surface area contributed by atoms with Crippen LogP contribution < -0.4 is 5.32 Å². The molecule has 0 bridgehead atoms. The zero-order chi connectivity index (χ0) is 14.8. The molecule has 2 unspecified atom stereocenters. The van der Waals surface area contributed by atoms with Gasteiger partial charge in [0, 0.05) is 12.1 Å². The number of rotatable bonds is 3. The summed E-state index contributed by atoms with van der Waals surface area (Å²) in [7, 11) is 0. The second-order valence-electron chi connectivity index (χ2n) is 7.31. The summed E-state index contributed by atoms with van der Waals surface area (Å²) in [6.07, 6.45) is 5.19. The molecule has 2 rings (SSSR count). The van der Waals surface area contributed by atoms with Crippen molar-refractivity contribution in [1.82, 2.24) is 5.32 Å². The second kappa shape index (κ2) is 6.26. The fourth-order valence-electron chi connectivity index (χ4n) is 3.56. The van der Waals surface area contributed by atoms with Gasteiger partial charge in [-0.25, -0.2) is 4.39 Å². The zero-order valence-electron chi connectivity index (χ0n) is 13.2. The average Bonchev–Trinajstić information content (AvgIpc) is 2.38. The van der Waals surface area contributed by atoms with Crippen molar-refractivity contribution in [2.75, 3.05) is 0 Å². The fourth-order valence-corrected chi connectivity index (χ4v) is 3.56. The van der Waals surface area contributed by atoms with Gasteiger partial charge >= 0.3 is 0 Å². The molecular weight excluding hydrogens is 249 g/mol. The van der Waals surface area contributed by atoms with Gasteiger partial charge in [-0.3, -0.25) is 0 Å². The van der Waals surface area contributed by atoms with Crippen LogP contribution in [0, 0.1) is 17.2 Å². The van der Waals surface area contributed by atoms with Gasteiger partial charge in [0.25, 0.3) is 0 Å². The van der Waals surface area contributed by atoms with Gasteiger partial charge in [-0.2, -0.15) is 0 Å². The number of hydrogen-bond acceptors (Lipinski definition) is 1. The molecule has 0 heterocycles. The first-order chi connectivity index (χ1) is 9.38. The van der Waals surface area contributed by atoms with Gasteiger partial charge < -0.3 is 5.32 Å². The van der Waals surface area contributed by atoms with Crippen LogP contribution in [0.1, 0.15) is 65.0 Å². The molecule has 112 valence electrons. The van der Waals surface area contributed by atoms with Crippen molar-refractivity contribution in [3.63, 3.8) is 0 Å². The Morgan fingerprint density at radius 3 is 2.55 bits per heavy atom. The summed E-state index contributed by atoms with van der Waals surface area (Å²) in [4.78, 5) is 0. The monoisotopic (exact) mass is 277 g/mol. The molecule has 0 aliphatic heterocycles. The molecule has 0 amide bonds. The first-order valence-corrected chi connectivity index (χ1v) is 7.89. The van der Waals surface area contributed by atoms with Crippen LogP contribution in [0.4, 0.5) is 4.39 Å². The summed E-state index contributed by atoms with van der Waals surface area (Å²) in [6.45, 7) is 9.16. The maximum Gasteiger partial charge on any atom is 0.123 e. The highest BCUT2D eigenvalue weighted by molar-refractivity contribution is 5.19. The first kappa shape index (κ1) is 15.5. The van der Waals surface area contributed by atoms with Crippen molar-refractivity contribution in [2.45, 2.75) is 65.5 Å². The average molecular weight is 277 g/mol. The maximum atomic E-state index is 13.3. The van der Waals surface area contributed by atoms with Crippen LogP contribution >= 0.6 is 0 Å². The van der Waals surface area contributed by atoms with Gasteiger partial charge in [-0.15, -0.1) is 0 Å². The Morgan fingerprint density at radius 1 is 1.20 bits per heavy atom. The van der Waals surface area contributed by atoms with Crippen molar-refractivity contribution in [3.8, 4) is 0 Å². The van der Waals surface area contributed by atoms with Gasteiger partial charge in [0.2, 0.25) is 0 Å². The quantitative estimate of drug-likeness (QED) is 0.812. The van der Waals surface area contributed by atoms with Gasteiger partial charge in [0.15, 0.2) is 0 Å². The molecule has 20 heavy (non-hydrogen) atoms. The molecule has 1 aliphatic carbocycles. The van der Waals surface area contributed by atoms with Crippen molar-refractivity contribution in [3.05, 3.63) is 35.6 Å². The summed E-state index contributed by atoms with van der Waals surface area (Å²) in [5.41, 5.74) is 1.38. The van der Waals surface area contributed by atoms with Crippen molar-refractivity contribution < 1.29 is 4.39 Å². The number of hydrogen-bond donors (Lipinski definition) is 1. The fraction of sp³-hybridized carbons (Fsp3) is 0.667. The van der Waals surface area contributed by atoms with Gasteiger partial charge in [-0.05, 0) is 48.8 Å². The minimum absolute atomic E-state index is 0.146. The predicted molar refractivity (Wildman–Crippen MR) is 83.2 cm³/mol. The highest BCUT2D eigenvalue weighted by atomic mass is 19.1. The van der Waals surface area contributed by atoms with E-state index in [4.69, 9.17) is 0 Å². The Kier molecular flexibility index (Phi) is 4.85. The van der Waals surface area contributed by atoms with E-state index in [9.17, 15) is 4.39 Å². The normalized spacial score (nSPS) is 25.4. The van der Waals surface area contributed by atoms with E-state index in [0.29, 0.717) is 17.4 Å². The second-order valence-corrected chi connectivity index (χ2v) is 7.31. The lowest BCUT2D eigenvalue weighted by Gasteiger charge is -2.42. The predicted octanol–water partition coefficient (Wildman–Crippen LogP) is 5.08. The summed E-state index contributed by atoms with van der Waals surface area (Å²) in [5.74, 6) is 0.555. The molecule has 1 nitrogen and oxygen atoms in total. The number of nitrogens with one attached hydrogen (secondary N) is 1. The third-order valence-electron chi connectivity index (χ3n) is 4.69. The van der Waals surface area contributed by atoms with Crippen LogP contribution in [-0.4, -0.2) is 6.04 Å². The van der Waals surface area contributed by atoms with Crippen molar-refractivity contribution >= 4 is 0 Å². The Bertz CT molecular complexity index is 435. The number of halogens is 1. The van der Waals surface area contributed by atoms with E-state index in [1.165, 1.54) is 31.7 Å². The molecule has 0 aromatic heterocycles. The van der Waals surface area contributed by atoms with E-state index in [1.807, 2.05) is 6.07 Å². The summed E-state index contributed by atoms with van der Waals surface area (Å²) in [5, 5.41) is 3.75. The van der Waals surface area contributed by atoms with Crippen LogP contribution in [0.3, 0.4) is 0 Å². The van der Waals surface area contributed by atoms with Gasteiger partial charge in [-0.1, -0.05) is 45.7 Å². The molecular formula is C18H28FN. The van der Waals surface area contributed by atoms with Gasteiger partial charge in [0.05, 0.1) is 0 Å². The van der Waals surface area contributed by atoms with Gasteiger partial charge in [0.1, 0.15) is 5.82 Å². The highest BCUT2D eigenvalue weighted by Crippen LogP contribution is 2.38. The molecule has 1 N–H and O–H groups in total. The zero-order valence-corrected chi connectivity index (χ0v) is 13.2. The Labute approximate surface area is 123 Å². The van der Waals surface area contributed by atoms with E-state index >= 15 is 0 Å². The molecule has 0 spiro atoms. The molecule has 1 saturated carbocycles. The van der Waals surface area contributed by atoms with E-state index in [0.717, 1.165) is 5.56 Å². The molecule has 1 fully saturated rings. The Hall–Kier alpha value is -0.890. The van der Waals surface area contributed by atoms with Crippen LogP contribution in [0.25, 0.3) is 0 Å². The molecule has 1 aromatic carbocycles. The molecule has 3 atom stereocenters. The molecule has 1 aromatic rings. The third kappa shape index (κ3) is 3.82. The minimum atomic E-state index is -0.146. The Morgan fingerprint density at radius 2 is 1.90 bits per heavy atom.